The first-order valence-corrected chi connectivity index (χ1v) is 6.96. The minimum Gasteiger partial charge on any atom is -0.310 e. The number of nitrogens with one attached hydrogen (secondary N) is 1. The Morgan fingerprint density at radius 1 is 1.32 bits per heavy atom. The Morgan fingerprint density at radius 3 is 2.74 bits per heavy atom. The molecule has 0 saturated carbocycles. The zero-order valence-electron chi connectivity index (χ0n) is 12.3. The molecule has 0 fully saturated rings. The highest BCUT2D eigenvalue weighted by molar-refractivity contribution is 5.66. The number of aryl methyl sites for hydroxylation is 2. The van der Waals surface area contributed by atoms with Crippen molar-refractivity contribution in [2.75, 3.05) is 0 Å². The maximum atomic E-state index is 4.36. The van der Waals surface area contributed by atoms with Gasteiger partial charge < -0.3 is 5.32 Å². The first-order valence-electron chi connectivity index (χ1n) is 6.96. The maximum absolute atomic E-state index is 4.36. The van der Waals surface area contributed by atoms with Gasteiger partial charge in [0.25, 0.3) is 0 Å². The van der Waals surface area contributed by atoms with Crippen molar-refractivity contribution < 1.29 is 0 Å². The van der Waals surface area contributed by atoms with E-state index in [1.165, 1.54) is 22.3 Å². The summed E-state index contributed by atoms with van der Waals surface area (Å²) in [6, 6.07) is 7.16. The van der Waals surface area contributed by atoms with E-state index in [1.54, 1.807) is 0 Å². The van der Waals surface area contributed by atoms with Gasteiger partial charge in [0.05, 0.1) is 6.20 Å². The average molecular weight is 257 g/mol. The Hall–Kier alpha value is -1.61. The zero-order valence-corrected chi connectivity index (χ0v) is 12.3. The van der Waals surface area contributed by atoms with Crippen LogP contribution in [-0.2, 0) is 13.1 Å². The Morgan fingerprint density at radius 2 is 2.11 bits per heavy atom. The van der Waals surface area contributed by atoms with Crippen LogP contribution in [0.5, 0.6) is 0 Å². The molecule has 1 aromatic heterocycles. The SMILES string of the molecule is CCn1cc(-c2cc(CNC(C)C)ccc2C)cn1. The van der Waals surface area contributed by atoms with Crippen molar-refractivity contribution in [1.82, 2.24) is 15.1 Å². The lowest BCUT2D eigenvalue weighted by Crippen LogP contribution is -2.21. The highest BCUT2D eigenvalue weighted by atomic mass is 15.3. The lowest BCUT2D eigenvalue weighted by Gasteiger charge is -2.10. The Balaban J connectivity index is 2.26. The predicted octanol–water partition coefficient (Wildman–Crippen LogP) is 3.38. The number of rotatable bonds is 5. The molecule has 0 bridgehead atoms. The van der Waals surface area contributed by atoms with Crippen LogP contribution in [0.2, 0.25) is 0 Å². The number of hydrogen-bond acceptors (Lipinski definition) is 2. The summed E-state index contributed by atoms with van der Waals surface area (Å²) in [7, 11) is 0. The predicted molar refractivity (Wildman–Crippen MR) is 80.0 cm³/mol. The third kappa shape index (κ3) is 3.44. The van der Waals surface area contributed by atoms with Crippen molar-refractivity contribution in [1.29, 1.82) is 0 Å². The molecule has 1 aromatic carbocycles. The highest BCUT2D eigenvalue weighted by Crippen LogP contribution is 2.24. The minimum absolute atomic E-state index is 0.507. The van der Waals surface area contributed by atoms with E-state index in [4.69, 9.17) is 0 Å². The first kappa shape index (κ1) is 13.8. The molecule has 3 heteroatoms. The van der Waals surface area contributed by atoms with Crippen LogP contribution in [-0.4, -0.2) is 15.8 Å². The molecule has 0 saturated heterocycles. The molecule has 0 amide bonds. The Labute approximate surface area is 115 Å². The third-order valence-electron chi connectivity index (χ3n) is 3.28. The van der Waals surface area contributed by atoms with E-state index >= 15 is 0 Å². The lowest BCUT2D eigenvalue weighted by atomic mass is 10.0. The molecular weight excluding hydrogens is 234 g/mol. The Bertz CT molecular complexity index is 541. The molecule has 0 spiro atoms. The fourth-order valence-corrected chi connectivity index (χ4v) is 2.09. The molecule has 0 aliphatic carbocycles. The highest BCUT2D eigenvalue weighted by Gasteiger charge is 2.06. The third-order valence-corrected chi connectivity index (χ3v) is 3.28. The van der Waals surface area contributed by atoms with Gasteiger partial charge in [-0.1, -0.05) is 26.0 Å². The lowest BCUT2D eigenvalue weighted by molar-refractivity contribution is 0.589. The molecule has 0 aliphatic rings. The van der Waals surface area contributed by atoms with Crippen molar-refractivity contribution in [2.45, 2.75) is 46.8 Å². The summed E-state index contributed by atoms with van der Waals surface area (Å²) in [6.45, 7) is 10.4. The molecule has 0 atom stereocenters. The quantitative estimate of drug-likeness (QED) is 0.890. The fourth-order valence-electron chi connectivity index (χ4n) is 2.09. The van der Waals surface area contributed by atoms with E-state index < -0.39 is 0 Å². The van der Waals surface area contributed by atoms with Gasteiger partial charge in [-0.05, 0) is 36.6 Å². The summed E-state index contributed by atoms with van der Waals surface area (Å²) in [5.41, 5.74) is 5.09. The van der Waals surface area contributed by atoms with Crippen molar-refractivity contribution in [2.24, 2.45) is 0 Å². The van der Waals surface area contributed by atoms with Crippen LogP contribution in [0.4, 0.5) is 0 Å². The van der Waals surface area contributed by atoms with Gasteiger partial charge in [-0.2, -0.15) is 5.10 Å². The molecule has 0 aliphatic heterocycles. The number of aromatic nitrogens is 2. The normalized spacial score (nSPS) is 11.2. The van der Waals surface area contributed by atoms with Gasteiger partial charge in [-0.25, -0.2) is 0 Å². The molecule has 19 heavy (non-hydrogen) atoms. The van der Waals surface area contributed by atoms with Crippen LogP contribution < -0.4 is 5.32 Å². The van der Waals surface area contributed by atoms with E-state index in [-0.39, 0.29) is 0 Å². The van der Waals surface area contributed by atoms with Gasteiger partial charge in [0.15, 0.2) is 0 Å². The van der Waals surface area contributed by atoms with Gasteiger partial charge in [-0.15, -0.1) is 0 Å². The summed E-state index contributed by atoms with van der Waals surface area (Å²) in [6.07, 6.45) is 4.06. The molecule has 1 heterocycles. The van der Waals surface area contributed by atoms with E-state index in [1.807, 2.05) is 10.9 Å². The van der Waals surface area contributed by atoms with Gasteiger partial charge >= 0.3 is 0 Å². The first-order chi connectivity index (χ1) is 9.10. The molecule has 102 valence electrons. The molecule has 2 rings (SSSR count). The number of hydrogen-bond donors (Lipinski definition) is 1. The molecule has 0 unspecified atom stereocenters. The van der Waals surface area contributed by atoms with Crippen LogP contribution in [0.25, 0.3) is 11.1 Å². The van der Waals surface area contributed by atoms with Crippen LogP contribution in [0, 0.1) is 6.92 Å². The number of benzene rings is 1. The van der Waals surface area contributed by atoms with Gasteiger partial charge in [0.2, 0.25) is 0 Å². The van der Waals surface area contributed by atoms with Crippen molar-refractivity contribution in [3.8, 4) is 11.1 Å². The second-order valence-electron chi connectivity index (χ2n) is 5.27. The van der Waals surface area contributed by atoms with E-state index in [0.29, 0.717) is 6.04 Å². The average Bonchev–Trinajstić information content (AvgIpc) is 2.86. The number of nitrogens with zero attached hydrogens (tertiary/aromatic N) is 2. The monoisotopic (exact) mass is 257 g/mol. The van der Waals surface area contributed by atoms with Crippen molar-refractivity contribution in [3.05, 3.63) is 41.7 Å². The summed E-state index contributed by atoms with van der Waals surface area (Å²) >= 11 is 0. The Kier molecular flexibility index (Phi) is 4.38. The topological polar surface area (TPSA) is 29.9 Å². The zero-order chi connectivity index (χ0) is 13.8. The smallest absolute Gasteiger partial charge is 0.0568 e. The van der Waals surface area contributed by atoms with Gasteiger partial charge in [0, 0.05) is 30.9 Å². The maximum Gasteiger partial charge on any atom is 0.0568 e. The summed E-state index contributed by atoms with van der Waals surface area (Å²) in [5.74, 6) is 0. The molecule has 2 aromatic rings. The second-order valence-corrected chi connectivity index (χ2v) is 5.27. The second kappa shape index (κ2) is 6.02. The summed E-state index contributed by atoms with van der Waals surface area (Å²) in [5, 5.41) is 7.81. The van der Waals surface area contributed by atoms with Gasteiger partial charge in [0.1, 0.15) is 0 Å². The largest absolute Gasteiger partial charge is 0.310 e. The van der Waals surface area contributed by atoms with Crippen molar-refractivity contribution in [3.63, 3.8) is 0 Å². The van der Waals surface area contributed by atoms with Crippen molar-refractivity contribution >= 4 is 0 Å². The standard InChI is InChI=1S/C16H23N3/c1-5-19-11-15(10-18-19)16-8-14(7-6-13(16)4)9-17-12(2)3/h6-8,10-12,17H,5,9H2,1-4H3. The van der Waals surface area contributed by atoms with Crippen LogP contribution in [0.15, 0.2) is 30.6 Å². The molecule has 0 radical (unpaired) electrons. The van der Waals surface area contributed by atoms with Crippen LogP contribution in [0.3, 0.4) is 0 Å². The van der Waals surface area contributed by atoms with E-state index in [2.05, 4.69) is 62.5 Å². The van der Waals surface area contributed by atoms with E-state index in [0.717, 1.165) is 13.1 Å². The summed E-state index contributed by atoms with van der Waals surface area (Å²) in [4.78, 5) is 0. The van der Waals surface area contributed by atoms with Crippen LogP contribution >= 0.6 is 0 Å². The molecule has 1 N–H and O–H groups in total. The summed E-state index contributed by atoms with van der Waals surface area (Å²) < 4.78 is 1.97. The van der Waals surface area contributed by atoms with E-state index in [9.17, 15) is 0 Å². The molecular formula is C16H23N3. The van der Waals surface area contributed by atoms with Gasteiger partial charge in [-0.3, -0.25) is 4.68 Å². The minimum atomic E-state index is 0.507. The molecule has 3 nitrogen and oxygen atoms in total. The fraction of sp³-hybridized carbons (Fsp3) is 0.438. The van der Waals surface area contributed by atoms with Crippen LogP contribution in [0.1, 0.15) is 31.9 Å².